The number of hydrogen-bond acceptors (Lipinski definition) is 2. The zero-order valence-corrected chi connectivity index (χ0v) is 12.9. The molecule has 4 nitrogen and oxygen atoms in total. The molecule has 0 aromatic heterocycles. The summed E-state index contributed by atoms with van der Waals surface area (Å²) in [5, 5.41) is 6.11. The number of nitrogens with one attached hydrogen (secondary N) is 2. The molecule has 0 atom stereocenters. The van der Waals surface area contributed by atoms with Crippen molar-refractivity contribution in [2.24, 2.45) is 5.41 Å². The Morgan fingerprint density at radius 2 is 1.60 bits per heavy atom. The molecule has 0 aliphatic heterocycles. The summed E-state index contributed by atoms with van der Waals surface area (Å²) in [4.78, 5) is 23.3. The average Bonchev–Trinajstić information content (AvgIpc) is 2.33. The van der Waals surface area contributed by atoms with Crippen LogP contribution in [0.15, 0.2) is 24.3 Å². The van der Waals surface area contributed by atoms with E-state index >= 15 is 0 Å². The molecular formula is C15H21ClN2O2. The minimum absolute atomic E-state index is 0.00163. The van der Waals surface area contributed by atoms with Crippen molar-refractivity contribution in [1.82, 2.24) is 10.6 Å². The first kappa shape index (κ1) is 16.5. The van der Waals surface area contributed by atoms with Gasteiger partial charge in [-0.3, -0.25) is 9.59 Å². The molecule has 0 saturated heterocycles. The maximum Gasteiger partial charge on any atom is 0.251 e. The topological polar surface area (TPSA) is 58.2 Å². The molecule has 1 aromatic carbocycles. The van der Waals surface area contributed by atoms with E-state index in [0.717, 1.165) is 0 Å². The van der Waals surface area contributed by atoms with E-state index in [-0.39, 0.29) is 17.2 Å². The van der Waals surface area contributed by atoms with Gasteiger partial charge in [0.05, 0.1) is 0 Å². The Kier molecular flexibility index (Phi) is 6.02. The van der Waals surface area contributed by atoms with Crippen molar-refractivity contribution >= 4 is 23.4 Å². The van der Waals surface area contributed by atoms with Crippen molar-refractivity contribution in [3.8, 4) is 0 Å². The molecule has 20 heavy (non-hydrogen) atoms. The minimum atomic E-state index is -0.174. The van der Waals surface area contributed by atoms with Gasteiger partial charge in [0.15, 0.2) is 0 Å². The van der Waals surface area contributed by atoms with Crippen molar-refractivity contribution in [1.29, 1.82) is 0 Å². The third-order valence-electron chi connectivity index (χ3n) is 2.53. The second-order valence-corrected chi connectivity index (χ2v) is 6.29. The first-order valence-electron chi connectivity index (χ1n) is 6.58. The van der Waals surface area contributed by atoms with Crippen LogP contribution in [0.2, 0.25) is 5.02 Å². The lowest BCUT2D eigenvalue weighted by molar-refractivity contribution is -0.122. The lowest BCUT2D eigenvalue weighted by Gasteiger charge is -2.17. The zero-order chi connectivity index (χ0) is 15.2. The fourth-order valence-electron chi connectivity index (χ4n) is 1.63. The quantitative estimate of drug-likeness (QED) is 0.821. The Bertz CT molecular complexity index is 464. The first-order valence-corrected chi connectivity index (χ1v) is 6.96. The van der Waals surface area contributed by atoms with Crippen molar-refractivity contribution in [2.45, 2.75) is 27.2 Å². The van der Waals surface area contributed by atoms with Crippen molar-refractivity contribution in [2.75, 3.05) is 13.1 Å². The van der Waals surface area contributed by atoms with Gasteiger partial charge in [-0.25, -0.2) is 0 Å². The monoisotopic (exact) mass is 296 g/mol. The molecule has 0 aliphatic rings. The van der Waals surface area contributed by atoms with Gasteiger partial charge < -0.3 is 10.6 Å². The SMILES string of the molecule is CC(C)(C)CC(=O)NCCNC(=O)c1ccc(Cl)cc1. The van der Waals surface area contributed by atoms with Crippen molar-refractivity contribution < 1.29 is 9.59 Å². The van der Waals surface area contributed by atoms with Crippen LogP contribution in [0, 0.1) is 5.41 Å². The molecule has 0 spiro atoms. The van der Waals surface area contributed by atoms with E-state index in [0.29, 0.717) is 30.1 Å². The van der Waals surface area contributed by atoms with Crippen LogP contribution in [0.5, 0.6) is 0 Å². The molecule has 5 heteroatoms. The summed E-state index contributed by atoms with van der Waals surface area (Å²) in [6.45, 7) is 6.85. The fraction of sp³-hybridized carbons (Fsp3) is 0.467. The highest BCUT2D eigenvalue weighted by Gasteiger charge is 2.15. The second-order valence-electron chi connectivity index (χ2n) is 5.85. The van der Waals surface area contributed by atoms with Gasteiger partial charge in [0, 0.05) is 30.1 Å². The molecule has 1 rings (SSSR count). The normalized spacial score (nSPS) is 11.0. The fourth-order valence-corrected chi connectivity index (χ4v) is 1.75. The number of amides is 2. The van der Waals surface area contributed by atoms with Crippen LogP contribution in [0.4, 0.5) is 0 Å². The summed E-state index contributed by atoms with van der Waals surface area (Å²) in [5.41, 5.74) is 0.520. The van der Waals surface area contributed by atoms with Gasteiger partial charge >= 0.3 is 0 Å². The van der Waals surface area contributed by atoms with Crippen molar-refractivity contribution in [3.63, 3.8) is 0 Å². The highest BCUT2D eigenvalue weighted by atomic mass is 35.5. The standard InChI is InChI=1S/C15H21ClN2O2/c1-15(2,3)10-13(19)17-8-9-18-14(20)11-4-6-12(16)7-5-11/h4-7H,8-10H2,1-3H3,(H,17,19)(H,18,20). The van der Waals surface area contributed by atoms with Gasteiger partial charge in [-0.2, -0.15) is 0 Å². The highest BCUT2D eigenvalue weighted by Crippen LogP contribution is 2.17. The molecule has 2 amide bonds. The number of halogens is 1. The van der Waals surface area contributed by atoms with E-state index < -0.39 is 0 Å². The van der Waals surface area contributed by atoms with Gasteiger partial charge in [0.1, 0.15) is 0 Å². The van der Waals surface area contributed by atoms with Crippen LogP contribution in [0.3, 0.4) is 0 Å². The minimum Gasteiger partial charge on any atom is -0.354 e. The summed E-state index contributed by atoms with van der Waals surface area (Å²) in [5.74, 6) is -0.176. The Morgan fingerprint density at radius 3 is 2.15 bits per heavy atom. The average molecular weight is 297 g/mol. The van der Waals surface area contributed by atoms with Gasteiger partial charge in [-0.1, -0.05) is 32.4 Å². The van der Waals surface area contributed by atoms with E-state index in [1.807, 2.05) is 20.8 Å². The second kappa shape index (κ2) is 7.29. The van der Waals surface area contributed by atoms with E-state index in [2.05, 4.69) is 10.6 Å². The summed E-state index contributed by atoms with van der Waals surface area (Å²) in [6.07, 6.45) is 0.470. The molecule has 0 fully saturated rings. The Labute approximate surface area is 124 Å². The van der Waals surface area contributed by atoms with Gasteiger partial charge in [-0.05, 0) is 29.7 Å². The molecule has 0 bridgehead atoms. The van der Waals surface area contributed by atoms with Crippen LogP contribution in [0.1, 0.15) is 37.6 Å². The number of rotatable bonds is 5. The van der Waals surface area contributed by atoms with Gasteiger partial charge in [0.2, 0.25) is 5.91 Å². The van der Waals surface area contributed by atoms with Gasteiger partial charge in [0.25, 0.3) is 5.91 Å². The number of carbonyl (C=O) groups excluding carboxylic acids is 2. The maximum absolute atomic E-state index is 11.8. The van der Waals surface area contributed by atoms with E-state index in [1.165, 1.54) is 0 Å². The number of hydrogen-bond donors (Lipinski definition) is 2. The third kappa shape index (κ3) is 6.57. The Balaban J connectivity index is 2.26. The molecule has 0 saturated carbocycles. The summed E-state index contributed by atoms with van der Waals surface area (Å²) >= 11 is 5.75. The van der Waals surface area contributed by atoms with Crippen LogP contribution >= 0.6 is 11.6 Å². The molecule has 0 unspecified atom stereocenters. The zero-order valence-electron chi connectivity index (χ0n) is 12.1. The molecule has 0 radical (unpaired) electrons. The van der Waals surface area contributed by atoms with Crippen LogP contribution in [-0.2, 0) is 4.79 Å². The highest BCUT2D eigenvalue weighted by molar-refractivity contribution is 6.30. The first-order chi connectivity index (χ1) is 9.28. The number of carbonyl (C=O) groups is 2. The smallest absolute Gasteiger partial charge is 0.251 e. The largest absolute Gasteiger partial charge is 0.354 e. The van der Waals surface area contributed by atoms with Crippen LogP contribution < -0.4 is 10.6 Å². The van der Waals surface area contributed by atoms with Crippen LogP contribution in [-0.4, -0.2) is 24.9 Å². The summed E-state index contributed by atoms with van der Waals surface area (Å²) < 4.78 is 0. The lowest BCUT2D eigenvalue weighted by Crippen LogP contribution is -2.35. The summed E-state index contributed by atoms with van der Waals surface area (Å²) in [6, 6.07) is 6.66. The maximum atomic E-state index is 11.8. The molecule has 0 aliphatic carbocycles. The van der Waals surface area contributed by atoms with Crippen LogP contribution in [0.25, 0.3) is 0 Å². The van der Waals surface area contributed by atoms with E-state index in [1.54, 1.807) is 24.3 Å². The molecule has 110 valence electrons. The number of benzene rings is 1. The Morgan fingerprint density at radius 1 is 1.05 bits per heavy atom. The van der Waals surface area contributed by atoms with Gasteiger partial charge in [-0.15, -0.1) is 0 Å². The molecule has 1 aromatic rings. The van der Waals surface area contributed by atoms with Crippen molar-refractivity contribution in [3.05, 3.63) is 34.9 Å². The van der Waals surface area contributed by atoms with E-state index in [9.17, 15) is 9.59 Å². The molecule has 2 N–H and O–H groups in total. The lowest BCUT2D eigenvalue weighted by atomic mass is 9.92. The predicted molar refractivity (Wildman–Crippen MR) is 80.9 cm³/mol. The Hall–Kier alpha value is -1.55. The predicted octanol–water partition coefficient (Wildman–Crippen LogP) is 2.62. The molecule has 0 heterocycles. The summed E-state index contributed by atoms with van der Waals surface area (Å²) in [7, 11) is 0. The molecular weight excluding hydrogens is 276 g/mol. The van der Waals surface area contributed by atoms with E-state index in [4.69, 9.17) is 11.6 Å². The third-order valence-corrected chi connectivity index (χ3v) is 2.78.